The highest BCUT2D eigenvalue weighted by Gasteiger charge is 2.28. The van der Waals surface area contributed by atoms with Gasteiger partial charge in [0.1, 0.15) is 5.82 Å². The number of aliphatic hydroxyl groups is 1. The lowest BCUT2D eigenvalue weighted by Gasteiger charge is -2.34. The molecule has 1 aromatic carbocycles. The van der Waals surface area contributed by atoms with Crippen LogP contribution in [0.25, 0.3) is 0 Å². The van der Waals surface area contributed by atoms with E-state index in [1.807, 2.05) is 18.2 Å². The molecule has 3 rings (SSSR count). The topological polar surface area (TPSA) is 36.4 Å². The minimum atomic E-state index is -1.26. The van der Waals surface area contributed by atoms with Crippen LogP contribution in [0.5, 0.6) is 0 Å². The van der Waals surface area contributed by atoms with Crippen LogP contribution in [0.1, 0.15) is 30.5 Å². The fraction of sp³-hybridized carbons (Fsp3) is 0.353. The standard InChI is InChI=1S/C17H18ClFN2O/c1-17(2,22)16-14(19)8-20-9-15(16)21-6-5-11-7-13(18)4-3-12(11)10-21/h3-4,7-9,22H,5-6,10H2,1-2H3. The summed E-state index contributed by atoms with van der Waals surface area (Å²) >= 11 is 6.03. The Balaban J connectivity index is 2.00. The fourth-order valence-corrected chi connectivity index (χ4v) is 3.19. The number of rotatable bonds is 2. The summed E-state index contributed by atoms with van der Waals surface area (Å²) in [4.78, 5) is 6.01. The van der Waals surface area contributed by atoms with Gasteiger partial charge in [0, 0.05) is 23.7 Å². The Bertz CT molecular complexity index is 712. The highest BCUT2D eigenvalue weighted by Crippen LogP contribution is 2.34. The highest BCUT2D eigenvalue weighted by molar-refractivity contribution is 6.30. The first kappa shape index (κ1) is 15.3. The SMILES string of the molecule is CC(C)(O)c1c(F)cncc1N1CCc2cc(Cl)ccc2C1. The molecule has 0 aliphatic carbocycles. The molecule has 2 aromatic rings. The first-order valence-electron chi connectivity index (χ1n) is 7.25. The summed E-state index contributed by atoms with van der Waals surface area (Å²) in [6.07, 6.45) is 3.60. The molecule has 3 nitrogen and oxygen atoms in total. The van der Waals surface area contributed by atoms with E-state index in [4.69, 9.17) is 11.6 Å². The summed E-state index contributed by atoms with van der Waals surface area (Å²) in [6.45, 7) is 4.57. The predicted molar refractivity (Wildman–Crippen MR) is 85.6 cm³/mol. The van der Waals surface area contributed by atoms with Crippen LogP contribution in [0.4, 0.5) is 10.1 Å². The van der Waals surface area contributed by atoms with Gasteiger partial charge in [-0.25, -0.2) is 4.39 Å². The lowest BCUT2D eigenvalue weighted by Crippen LogP contribution is -2.33. The number of aromatic nitrogens is 1. The van der Waals surface area contributed by atoms with Crippen LogP contribution in [0.2, 0.25) is 5.02 Å². The van der Waals surface area contributed by atoms with E-state index in [0.29, 0.717) is 17.8 Å². The number of pyridine rings is 1. The average Bonchev–Trinajstić information content (AvgIpc) is 2.45. The summed E-state index contributed by atoms with van der Waals surface area (Å²) in [6, 6.07) is 5.85. The van der Waals surface area contributed by atoms with E-state index in [2.05, 4.69) is 9.88 Å². The number of benzene rings is 1. The number of hydrogen-bond donors (Lipinski definition) is 1. The maximum atomic E-state index is 14.2. The van der Waals surface area contributed by atoms with Gasteiger partial charge in [0.2, 0.25) is 0 Å². The summed E-state index contributed by atoms with van der Waals surface area (Å²) in [5.74, 6) is -0.480. The van der Waals surface area contributed by atoms with Crippen LogP contribution < -0.4 is 4.90 Å². The smallest absolute Gasteiger partial charge is 0.149 e. The molecule has 1 aliphatic rings. The normalized spacial score (nSPS) is 14.9. The summed E-state index contributed by atoms with van der Waals surface area (Å²) < 4.78 is 14.2. The van der Waals surface area contributed by atoms with Crippen molar-refractivity contribution in [3.8, 4) is 0 Å². The van der Waals surface area contributed by atoms with Gasteiger partial charge < -0.3 is 10.0 Å². The Morgan fingerprint density at radius 2 is 2.05 bits per heavy atom. The largest absolute Gasteiger partial charge is 0.386 e. The maximum Gasteiger partial charge on any atom is 0.149 e. The van der Waals surface area contributed by atoms with Gasteiger partial charge in [-0.2, -0.15) is 0 Å². The molecule has 1 N–H and O–H groups in total. The molecule has 1 aliphatic heterocycles. The minimum absolute atomic E-state index is 0.292. The molecule has 0 bridgehead atoms. The Labute approximate surface area is 134 Å². The van der Waals surface area contributed by atoms with E-state index < -0.39 is 11.4 Å². The van der Waals surface area contributed by atoms with Crippen molar-refractivity contribution >= 4 is 17.3 Å². The second-order valence-electron chi connectivity index (χ2n) is 6.16. The molecule has 0 unspecified atom stereocenters. The van der Waals surface area contributed by atoms with Gasteiger partial charge in [-0.3, -0.25) is 4.98 Å². The fourth-order valence-electron chi connectivity index (χ4n) is 3.00. The quantitative estimate of drug-likeness (QED) is 0.917. The molecule has 0 atom stereocenters. The molecule has 1 aromatic heterocycles. The van der Waals surface area contributed by atoms with Crippen LogP contribution in [-0.4, -0.2) is 16.6 Å². The lowest BCUT2D eigenvalue weighted by molar-refractivity contribution is 0.0748. The monoisotopic (exact) mass is 320 g/mol. The van der Waals surface area contributed by atoms with Crippen molar-refractivity contribution in [2.75, 3.05) is 11.4 Å². The molecular weight excluding hydrogens is 303 g/mol. The molecule has 22 heavy (non-hydrogen) atoms. The third kappa shape index (κ3) is 2.81. The van der Waals surface area contributed by atoms with Gasteiger partial charge in [0.15, 0.2) is 0 Å². The van der Waals surface area contributed by atoms with Crippen molar-refractivity contribution < 1.29 is 9.50 Å². The molecule has 0 spiro atoms. The van der Waals surface area contributed by atoms with Crippen molar-refractivity contribution in [3.05, 3.63) is 58.1 Å². The van der Waals surface area contributed by atoms with Gasteiger partial charge in [-0.1, -0.05) is 17.7 Å². The Morgan fingerprint density at radius 3 is 2.77 bits per heavy atom. The van der Waals surface area contributed by atoms with Crippen molar-refractivity contribution in [3.63, 3.8) is 0 Å². The van der Waals surface area contributed by atoms with E-state index in [1.165, 1.54) is 11.1 Å². The third-order valence-electron chi connectivity index (χ3n) is 4.01. The van der Waals surface area contributed by atoms with Crippen LogP contribution in [0.3, 0.4) is 0 Å². The third-order valence-corrected chi connectivity index (χ3v) is 4.25. The Kier molecular flexibility index (Phi) is 3.83. The molecular formula is C17H18ClFN2O. The van der Waals surface area contributed by atoms with Crippen LogP contribution in [-0.2, 0) is 18.6 Å². The molecule has 0 saturated carbocycles. The zero-order valence-electron chi connectivity index (χ0n) is 12.6. The minimum Gasteiger partial charge on any atom is -0.386 e. The van der Waals surface area contributed by atoms with Crippen molar-refractivity contribution in [1.82, 2.24) is 4.98 Å². The average molecular weight is 321 g/mol. The highest BCUT2D eigenvalue weighted by atomic mass is 35.5. The lowest BCUT2D eigenvalue weighted by atomic mass is 9.94. The Morgan fingerprint density at radius 1 is 1.27 bits per heavy atom. The number of hydrogen-bond acceptors (Lipinski definition) is 3. The molecule has 2 heterocycles. The number of fused-ring (bicyclic) bond motifs is 1. The second-order valence-corrected chi connectivity index (χ2v) is 6.60. The molecule has 0 radical (unpaired) electrons. The van der Waals surface area contributed by atoms with E-state index in [9.17, 15) is 9.50 Å². The van der Waals surface area contributed by atoms with Gasteiger partial charge in [0.25, 0.3) is 0 Å². The predicted octanol–water partition coefficient (Wildman–Crippen LogP) is 3.66. The van der Waals surface area contributed by atoms with E-state index in [1.54, 1.807) is 20.0 Å². The zero-order chi connectivity index (χ0) is 15.9. The van der Waals surface area contributed by atoms with E-state index in [-0.39, 0.29) is 0 Å². The van der Waals surface area contributed by atoms with Gasteiger partial charge in [-0.05, 0) is 43.5 Å². The summed E-state index contributed by atoms with van der Waals surface area (Å²) in [5.41, 5.74) is 2.07. The number of anilines is 1. The van der Waals surface area contributed by atoms with Crippen LogP contribution in [0, 0.1) is 5.82 Å². The first-order chi connectivity index (χ1) is 10.4. The number of nitrogens with zero attached hydrogens (tertiary/aromatic N) is 2. The van der Waals surface area contributed by atoms with E-state index >= 15 is 0 Å². The van der Waals surface area contributed by atoms with Crippen LogP contribution in [0.15, 0.2) is 30.6 Å². The summed E-state index contributed by atoms with van der Waals surface area (Å²) in [7, 11) is 0. The molecule has 5 heteroatoms. The maximum absolute atomic E-state index is 14.2. The molecule has 116 valence electrons. The molecule has 0 amide bonds. The van der Waals surface area contributed by atoms with E-state index in [0.717, 1.165) is 24.2 Å². The Hall–Kier alpha value is -1.65. The second kappa shape index (κ2) is 5.52. The van der Waals surface area contributed by atoms with Crippen LogP contribution >= 0.6 is 11.6 Å². The van der Waals surface area contributed by atoms with Gasteiger partial charge in [-0.15, -0.1) is 0 Å². The zero-order valence-corrected chi connectivity index (χ0v) is 13.4. The van der Waals surface area contributed by atoms with Gasteiger partial charge >= 0.3 is 0 Å². The van der Waals surface area contributed by atoms with Crippen molar-refractivity contribution in [2.24, 2.45) is 0 Å². The molecule has 0 saturated heterocycles. The van der Waals surface area contributed by atoms with Gasteiger partial charge in [0.05, 0.1) is 23.7 Å². The molecule has 0 fully saturated rings. The number of halogens is 2. The summed E-state index contributed by atoms with van der Waals surface area (Å²) in [5, 5.41) is 11.0. The van der Waals surface area contributed by atoms with Crippen molar-refractivity contribution in [1.29, 1.82) is 0 Å². The van der Waals surface area contributed by atoms with Crippen molar-refractivity contribution in [2.45, 2.75) is 32.4 Å². The first-order valence-corrected chi connectivity index (χ1v) is 7.62.